The van der Waals surface area contributed by atoms with Crippen molar-refractivity contribution >= 4 is 5.69 Å². The molecule has 16 heavy (non-hydrogen) atoms. The molecule has 0 radical (unpaired) electrons. The SMILES string of the molecule is Cc1cccc(N)c1C(N)c1ccccc1. The van der Waals surface area contributed by atoms with Crippen molar-refractivity contribution in [2.75, 3.05) is 5.73 Å². The van der Waals surface area contributed by atoms with Crippen LogP contribution >= 0.6 is 0 Å². The topological polar surface area (TPSA) is 52.0 Å². The summed E-state index contributed by atoms with van der Waals surface area (Å²) in [5, 5.41) is 0. The van der Waals surface area contributed by atoms with Crippen LogP contribution in [0.4, 0.5) is 5.69 Å². The van der Waals surface area contributed by atoms with Crippen molar-refractivity contribution in [2.24, 2.45) is 5.73 Å². The fourth-order valence-corrected chi connectivity index (χ4v) is 1.96. The Morgan fingerprint density at radius 2 is 1.62 bits per heavy atom. The summed E-state index contributed by atoms with van der Waals surface area (Å²) in [6.07, 6.45) is 0. The molecule has 1 unspecified atom stereocenters. The summed E-state index contributed by atoms with van der Waals surface area (Å²) < 4.78 is 0. The van der Waals surface area contributed by atoms with Crippen LogP contribution in [0, 0.1) is 6.92 Å². The van der Waals surface area contributed by atoms with Gasteiger partial charge in [0.05, 0.1) is 6.04 Å². The van der Waals surface area contributed by atoms with Gasteiger partial charge in [0.15, 0.2) is 0 Å². The van der Waals surface area contributed by atoms with Crippen LogP contribution in [0.1, 0.15) is 22.7 Å². The molecule has 2 rings (SSSR count). The predicted octanol–water partition coefficient (Wildman–Crippen LogP) is 2.63. The number of hydrogen-bond acceptors (Lipinski definition) is 2. The Balaban J connectivity index is 2.46. The van der Waals surface area contributed by atoms with Gasteiger partial charge in [-0.05, 0) is 29.7 Å². The van der Waals surface area contributed by atoms with E-state index in [0.717, 1.165) is 22.4 Å². The van der Waals surface area contributed by atoms with Crippen LogP contribution in [0.3, 0.4) is 0 Å². The van der Waals surface area contributed by atoms with Crippen LogP contribution in [-0.4, -0.2) is 0 Å². The third-order valence-corrected chi connectivity index (χ3v) is 2.83. The second-order valence-corrected chi connectivity index (χ2v) is 3.97. The van der Waals surface area contributed by atoms with Crippen LogP contribution in [0.2, 0.25) is 0 Å². The average molecular weight is 212 g/mol. The van der Waals surface area contributed by atoms with Crippen LogP contribution in [0.5, 0.6) is 0 Å². The maximum absolute atomic E-state index is 6.24. The van der Waals surface area contributed by atoms with E-state index in [4.69, 9.17) is 11.5 Å². The second-order valence-electron chi connectivity index (χ2n) is 3.97. The number of hydrogen-bond donors (Lipinski definition) is 2. The number of aryl methyl sites for hydroxylation is 1. The Kier molecular flexibility index (Phi) is 2.93. The van der Waals surface area contributed by atoms with Gasteiger partial charge < -0.3 is 11.5 Å². The van der Waals surface area contributed by atoms with E-state index in [1.165, 1.54) is 0 Å². The molecule has 2 nitrogen and oxygen atoms in total. The Morgan fingerprint density at radius 1 is 0.938 bits per heavy atom. The highest BCUT2D eigenvalue weighted by molar-refractivity contribution is 5.54. The van der Waals surface area contributed by atoms with E-state index in [0.29, 0.717) is 0 Å². The zero-order valence-corrected chi connectivity index (χ0v) is 9.35. The Labute approximate surface area is 95.9 Å². The highest BCUT2D eigenvalue weighted by atomic mass is 14.7. The Hall–Kier alpha value is -1.80. The molecular formula is C14H16N2. The van der Waals surface area contributed by atoms with Crippen LogP contribution in [0.15, 0.2) is 48.5 Å². The van der Waals surface area contributed by atoms with Crippen LogP contribution in [0.25, 0.3) is 0 Å². The third-order valence-electron chi connectivity index (χ3n) is 2.83. The lowest BCUT2D eigenvalue weighted by Crippen LogP contribution is -2.15. The number of nitrogens with two attached hydrogens (primary N) is 2. The number of benzene rings is 2. The molecule has 0 spiro atoms. The third kappa shape index (κ3) is 1.92. The van der Waals surface area contributed by atoms with Crippen molar-refractivity contribution in [3.8, 4) is 0 Å². The maximum Gasteiger partial charge on any atom is 0.0574 e. The first-order chi connectivity index (χ1) is 7.70. The molecule has 0 aromatic heterocycles. The molecule has 0 bridgehead atoms. The van der Waals surface area contributed by atoms with Crippen LogP contribution in [-0.2, 0) is 0 Å². The zero-order valence-electron chi connectivity index (χ0n) is 9.35. The molecule has 4 N–H and O–H groups in total. The summed E-state index contributed by atoms with van der Waals surface area (Å²) in [5.41, 5.74) is 16.2. The molecule has 0 aliphatic rings. The van der Waals surface area contributed by atoms with Crippen molar-refractivity contribution in [3.63, 3.8) is 0 Å². The van der Waals surface area contributed by atoms with Crippen molar-refractivity contribution in [2.45, 2.75) is 13.0 Å². The molecule has 0 aliphatic heterocycles. The van der Waals surface area contributed by atoms with Crippen LogP contribution < -0.4 is 11.5 Å². The smallest absolute Gasteiger partial charge is 0.0574 e. The molecule has 0 heterocycles. The van der Waals surface area contributed by atoms with Crippen molar-refractivity contribution in [1.29, 1.82) is 0 Å². The molecule has 0 fully saturated rings. The lowest BCUT2D eigenvalue weighted by molar-refractivity contribution is 0.865. The fourth-order valence-electron chi connectivity index (χ4n) is 1.96. The van der Waals surface area contributed by atoms with Gasteiger partial charge in [0.1, 0.15) is 0 Å². The maximum atomic E-state index is 6.24. The fraction of sp³-hybridized carbons (Fsp3) is 0.143. The monoisotopic (exact) mass is 212 g/mol. The highest BCUT2D eigenvalue weighted by Crippen LogP contribution is 2.27. The van der Waals surface area contributed by atoms with Gasteiger partial charge >= 0.3 is 0 Å². The Bertz CT molecular complexity index is 457. The minimum absolute atomic E-state index is 0.151. The van der Waals surface area contributed by atoms with E-state index in [-0.39, 0.29) is 6.04 Å². The van der Waals surface area contributed by atoms with E-state index in [2.05, 4.69) is 0 Å². The summed E-state index contributed by atoms with van der Waals surface area (Å²) in [6, 6.07) is 15.7. The quantitative estimate of drug-likeness (QED) is 0.752. The molecule has 2 aromatic rings. The molecule has 0 amide bonds. The van der Waals surface area contributed by atoms with E-state index in [1.807, 2.05) is 55.5 Å². The second kappa shape index (κ2) is 4.37. The van der Waals surface area contributed by atoms with Gasteiger partial charge in [-0.15, -0.1) is 0 Å². The first kappa shape index (κ1) is 10.7. The first-order valence-corrected chi connectivity index (χ1v) is 5.35. The average Bonchev–Trinajstić information content (AvgIpc) is 2.30. The molecule has 0 aliphatic carbocycles. The molecule has 0 saturated heterocycles. The van der Waals surface area contributed by atoms with E-state index >= 15 is 0 Å². The van der Waals surface area contributed by atoms with E-state index in [9.17, 15) is 0 Å². The highest BCUT2D eigenvalue weighted by Gasteiger charge is 2.13. The van der Waals surface area contributed by atoms with Gasteiger partial charge in [-0.2, -0.15) is 0 Å². The first-order valence-electron chi connectivity index (χ1n) is 5.35. The van der Waals surface area contributed by atoms with Crippen molar-refractivity contribution < 1.29 is 0 Å². The molecule has 2 aromatic carbocycles. The molecule has 0 saturated carbocycles. The van der Waals surface area contributed by atoms with E-state index in [1.54, 1.807) is 0 Å². The van der Waals surface area contributed by atoms with Gasteiger partial charge in [-0.3, -0.25) is 0 Å². The summed E-state index contributed by atoms with van der Waals surface area (Å²) in [4.78, 5) is 0. The largest absolute Gasteiger partial charge is 0.398 e. The number of anilines is 1. The zero-order chi connectivity index (χ0) is 11.5. The molecular weight excluding hydrogens is 196 g/mol. The predicted molar refractivity (Wildman–Crippen MR) is 68.1 cm³/mol. The number of nitrogen functional groups attached to an aromatic ring is 1. The molecule has 82 valence electrons. The lowest BCUT2D eigenvalue weighted by atomic mass is 9.94. The van der Waals surface area contributed by atoms with Gasteiger partial charge in [0.2, 0.25) is 0 Å². The van der Waals surface area contributed by atoms with Gasteiger partial charge in [0, 0.05) is 5.69 Å². The summed E-state index contributed by atoms with van der Waals surface area (Å²) >= 11 is 0. The van der Waals surface area contributed by atoms with Crippen molar-refractivity contribution in [1.82, 2.24) is 0 Å². The minimum Gasteiger partial charge on any atom is -0.398 e. The normalized spacial score (nSPS) is 12.4. The summed E-state index contributed by atoms with van der Waals surface area (Å²) in [5.74, 6) is 0. The lowest BCUT2D eigenvalue weighted by Gasteiger charge is -2.17. The summed E-state index contributed by atoms with van der Waals surface area (Å²) in [7, 11) is 0. The van der Waals surface area contributed by atoms with Crippen molar-refractivity contribution in [3.05, 3.63) is 65.2 Å². The Morgan fingerprint density at radius 3 is 2.25 bits per heavy atom. The number of rotatable bonds is 2. The molecule has 1 atom stereocenters. The van der Waals surface area contributed by atoms with Gasteiger partial charge in [-0.1, -0.05) is 42.5 Å². The molecule has 2 heteroatoms. The van der Waals surface area contributed by atoms with E-state index < -0.39 is 0 Å². The standard InChI is InChI=1S/C14H16N2/c1-10-6-5-9-12(15)13(10)14(16)11-7-3-2-4-8-11/h2-9,14H,15-16H2,1H3. The summed E-state index contributed by atoms with van der Waals surface area (Å²) in [6.45, 7) is 2.04. The van der Waals surface area contributed by atoms with Gasteiger partial charge in [-0.25, -0.2) is 0 Å². The van der Waals surface area contributed by atoms with Gasteiger partial charge in [0.25, 0.3) is 0 Å². The minimum atomic E-state index is -0.151.